The second-order valence-electron chi connectivity index (χ2n) is 4.45. The third-order valence-electron chi connectivity index (χ3n) is 3.00. The Labute approximate surface area is 103 Å². The van der Waals surface area contributed by atoms with Crippen molar-refractivity contribution in [3.8, 4) is 0 Å². The zero-order chi connectivity index (χ0) is 12.5. The molecule has 1 aliphatic rings. The molecule has 0 N–H and O–H groups in total. The van der Waals surface area contributed by atoms with Crippen molar-refractivity contribution in [2.75, 3.05) is 6.61 Å². The summed E-state index contributed by atoms with van der Waals surface area (Å²) in [6.45, 7) is 2.52. The number of esters is 1. The molecule has 0 amide bonds. The zero-order valence-corrected chi connectivity index (χ0v) is 10.6. The largest absolute Gasteiger partial charge is 0.465 e. The number of rotatable bonds is 6. The van der Waals surface area contributed by atoms with Crippen LogP contribution in [0.3, 0.4) is 0 Å². The smallest absolute Gasteiger partial charge is 0.316 e. The number of allylic oxidation sites excluding steroid dienone is 2. The third-order valence-corrected chi connectivity index (χ3v) is 3.00. The summed E-state index contributed by atoms with van der Waals surface area (Å²) < 4.78 is 5.14. The molecule has 0 radical (unpaired) electrons. The van der Waals surface area contributed by atoms with E-state index in [2.05, 4.69) is 19.1 Å². The Hall–Kier alpha value is -1.12. The van der Waals surface area contributed by atoms with Crippen molar-refractivity contribution in [3.63, 3.8) is 0 Å². The van der Waals surface area contributed by atoms with Gasteiger partial charge in [-0.3, -0.25) is 9.59 Å². The first-order valence-electron chi connectivity index (χ1n) is 6.60. The molecular weight excluding hydrogens is 216 g/mol. The van der Waals surface area contributed by atoms with Crippen molar-refractivity contribution in [2.24, 2.45) is 5.92 Å². The van der Waals surface area contributed by atoms with Crippen molar-refractivity contribution in [2.45, 2.75) is 51.9 Å². The maximum absolute atomic E-state index is 11.6. The molecule has 0 heterocycles. The monoisotopic (exact) mass is 238 g/mol. The summed E-state index contributed by atoms with van der Waals surface area (Å²) in [5.74, 6) is -0.726. The van der Waals surface area contributed by atoms with Crippen molar-refractivity contribution < 1.29 is 14.3 Å². The first kappa shape index (κ1) is 13.9. The molecule has 1 aliphatic carbocycles. The van der Waals surface area contributed by atoms with Crippen molar-refractivity contribution in [1.82, 2.24) is 0 Å². The number of hydrogen-bond donors (Lipinski definition) is 0. The summed E-state index contributed by atoms with van der Waals surface area (Å²) in [5.41, 5.74) is 0. The number of carbonyl (C=O) groups excluding carboxylic acids is 2. The Kier molecular flexibility index (Phi) is 6.60. The Morgan fingerprint density at radius 3 is 2.94 bits per heavy atom. The molecule has 0 aromatic carbocycles. The molecule has 1 rings (SSSR count). The highest BCUT2D eigenvalue weighted by atomic mass is 16.5. The summed E-state index contributed by atoms with van der Waals surface area (Å²) in [6, 6.07) is 0. The number of Topliss-reactive ketones (excluding diaryl/α,β-unsaturated/α-hetero) is 1. The maximum atomic E-state index is 11.6. The minimum Gasteiger partial charge on any atom is -0.465 e. The SMILES string of the molecule is CC/C=C\CCCOC(=O)C1CCCCC1=O. The molecule has 0 aromatic heterocycles. The van der Waals surface area contributed by atoms with Crippen LogP contribution in [0.5, 0.6) is 0 Å². The summed E-state index contributed by atoms with van der Waals surface area (Å²) in [4.78, 5) is 23.1. The Morgan fingerprint density at radius 1 is 1.41 bits per heavy atom. The lowest BCUT2D eigenvalue weighted by Crippen LogP contribution is -2.29. The van der Waals surface area contributed by atoms with E-state index in [0.717, 1.165) is 32.1 Å². The predicted molar refractivity (Wildman–Crippen MR) is 66.6 cm³/mol. The van der Waals surface area contributed by atoms with E-state index in [1.807, 2.05) is 0 Å². The van der Waals surface area contributed by atoms with Crippen LogP contribution in [0.15, 0.2) is 12.2 Å². The molecule has 1 saturated carbocycles. The van der Waals surface area contributed by atoms with Crippen molar-refractivity contribution in [1.29, 1.82) is 0 Å². The maximum Gasteiger partial charge on any atom is 0.316 e. The van der Waals surface area contributed by atoms with E-state index in [-0.39, 0.29) is 11.8 Å². The molecule has 0 aliphatic heterocycles. The van der Waals surface area contributed by atoms with Crippen molar-refractivity contribution >= 4 is 11.8 Å². The van der Waals surface area contributed by atoms with Gasteiger partial charge in [-0.1, -0.05) is 25.5 Å². The molecular formula is C14H22O3. The highest BCUT2D eigenvalue weighted by Crippen LogP contribution is 2.21. The highest BCUT2D eigenvalue weighted by molar-refractivity contribution is 5.99. The standard InChI is InChI=1S/C14H22O3/c1-2-3-4-5-8-11-17-14(16)12-9-6-7-10-13(12)15/h3-4,12H,2,5-11H2,1H3/b4-3-. The van der Waals surface area contributed by atoms with Gasteiger partial charge in [-0.05, 0) is 32.1 Å². The van der Waals surface area contributed by atoms with Gasteiger partial charge in [-0.2, -0.15) is 0 Å². The Bertz CT molecular complexity index is 281. The lowest BCUT2D eigenvalue weighted by atomic mass is 9.88. The van der Waals surface area contributed by atoms with E-state index in [1.165, 1.54) is 0 Å². The second kappa shape index (κ2) is 8.04. The van der Waals surface area contributed by atoms with Crippen LogP contribution in [0.25, 0.3) is 0 Å². The van der Waals surface area contributed by atoms with E-state index < -0.39 is 5.92 Å². The van der Waals surface area contributed by atoms with Crippen molar-refractivity contribution in [3.05, 3.63) is 12.2 Å². The van der Waals surface area contributed by atoms with Gasteiger partial charge in [0.1, 0.15) is 11.7 Å². The normalized spacial score (nSPS) is 20.8. The number of unbranched alkanes of at least 4 members (excludes halogenated alkanes) is 1. The lowest BCUT2D eigenvalue weighted by molar-refractivity contribution is -0.153. The number of ketones is 1. The van der Waals surface area contributed by atoms with Crippen LogP contribution in [0.4, 0.5) is 0 Å². The summed E-state index contributed by atoms with van der Waals surface area (Å²) in [6.07, 6.45) is 10.1. The molecule has 0 bridgehead atoms. The van der Waals surface area contributed by atoms with Crippen LogP contribution in [0.1, 0.15) is 51.9 Å². The minimum atomic E-state index is -0.477. The average molecular weight is 238 g/mol. The molecule has 0 spiro atoms. The van der Waals surface area contributed by atoms with E-state index >= 15 is 0 Å². The van der Waals surface area contributed by atoms with Crippen LogP contribution in [0.2, 0.25) is 0 Å². The Balaban J connectivity index is 2.16. The van der Waals surface area contributed by atoms with Crippen LogP contribution in [-0.4, -0.2) is 18.4 Å². The topological polar surface area (TPSA) is 43.4 Å². The number of ether oxygens (including phenoxy) is 1. The number of carbonyl (C=O) groups is 2. The molecule has 1 fully saturated rings. The van der Waals surface area contributed by atoms with Crippen LogP contribution >= 0.6 is 0 Å². The minimum absolute atomic E-state index is 0.0622. The van der Waals surface area contributed by atoms with Gasteiger partial charge in [0.05, 0.1) is 6.61 Å². The lowest BCUT2D eigenvalue weighted by Gasteiger charge is -2.18. The van der Waals surface area contributed by atoms with Gasteiger partial charge < -0.3 is 4.74 Å². The van der Waals surface area contributed by atoms with Crippen LogP contribution < -0.4 is 0 Å². The number of hydrogen-bond acceptors (Lipinski definition) is 3. The summed E-state index contributed by atoms with van der Waals surface area (Å²) in [7, 11) is 0. The third kappa shape index (κ3) is 5.16. The average Bonchev–Trinajstić information content (AvgIpc) is 2.34. The van der Waals surface area contributed by atoms with Gasteiger partial charge in [-0.15, -0.1) is 0 Å². The quantitative estimate of drug-likeness (QED) is 0.309. The van der Waals surface area contributed by atoms with Gasteiger partial charge in [0.2, 0.25) is 0 Å². The second-order valence-corrected chi connectivity index (χ2v) is 4.45. The first-order chi connectivity index (χ1) is 8.25. The van der Waals surface area contributed by atoms with Gasteiger partial charge in [-0.25, -0.2) is 0 Å². The van der Waals surface area contributed by atoms with Gasteiger partial charge in [0.15, 0.2) is 0 Å². The molecule has 3 heteroatoms. The summed E-state index contributed by atoms with van der Waals surface area (Å²) >= 11 is 0. The van der Waals surface area contributed by atoms with Gasteiger partial charge >= 0.3 is 5.97 Å². The molecule has 1 unspecified atom stereocenters. The zero-order valence-electron chi connectivity index (χ0n) is 10.6. The first-order valence-corrected chi connectivity index (χ1v) is 6.60. The highest BCUT2D eigenvalue weighted by Gasteiger charge is 2.29. The fraction of sp³-hybridized carbons (Fsp3) is 0.714. The molecule has 3 nitrogen and oxygen atoms in total. The van der Waals surface area contributed by atoms with E-state index in [9.17, 15) is 9.59 Å². The van der Waals surface area contributed by atoms with Crippen LogP contribution in [0, 0.1) is 5.92 Å². The van der Waals surface area contributed by atoms with E-state index in [1.54, 1.807) is 0 Å². The predicted octanol–water partition coefficient (Wildman–Crippen LogP) is 3.04. The van der Waals surface area contributed by atoms with E-state index in [4.69, 9.17) is 4.74 Å². The summed E-state index contributed by atoms with van der Waals surface area (Å²) in [5, 5.41) is 0. The molecule has 0 aromatic rings. The van der Waals surface area contributed by atoms with E-state index in [0.29, 0.717) is 19.4 Å². The van der Waals surface area contributed by atoms with Gasteiger partial charge in [0.25, 0.3) is 0 Å². The fourth-order valence-corrected chi connectivity index (χ4v) is 1.99. The molecule has 1 atom stereocenters. The van der Waals surface area contributed by atoms with Crippen LogP contribution in [-0.2, 0) is 14.3 Å². The molecule has 96 valence electrons. The van der Waals surface area contributed by atoms with Gasteiger partial charge in [0, 0.05) is 6.42 Å². The molecule has 17 heavy (non-hydrogen) atoms. The Morgan fingerprint density at radius 2 is 2.24 bits per heavy atom. The fourth-order valence-electron chi connectivity index (χ4n) is 1.99. The molecule has 0 saturated heterocycles.